The van der Waals surface area contributed by atoms with E-state index in [1.165, 1.54) is 135 Å². The Balaban J connectivity index is -0.000000498. The van der Waals surface area contributed by atoms with Gasteiger partial charge in [-0.2, -0.15) is 11.8 Å². The second-order valence-electron chi connectivity index (χ2n) is 12.2. The van der Waals surface area contributed by atoms with Gasteiger partial charge in [0.2, 0.25) is 0 Å². The van der Waals surface area contributed by atoms with Crippen molar-refractivity contribution in [2.75, 3.05) is 50.9 Å². The van der Waals surface area contributed by atoms with Gasteiger partial charge in [0.15, 0.2) is 0 Å². The first kappa shape index (κ1) is 52.5. The van der Waals surface area contributed by atoms with Crippen molar-refractivity contribution in [1.29, 1.82) is 0 Å². The van der Waals surface area contributed by atoms with E-state index >= 15 is 0 Å². The van der Waals surface area contributed by atoms with Crippen LogP contribution >= 0.6 is 11.8 Å². The van der Waals surface area contributed by atoms with Gasteiger partial charge in [-0.25, -0.2) is 0 Å². The van der Waals surface area contributed by atoms with Crippen LogP contribution in [0, 0.1) is 0 Å². The molecule has 2 N–H and O–H groups in total. The number of piperidine rings is 2. The summed E-state index contributed by atoms with van der Waals surface area (Å²) in [6, 6.07) is 3.87. The second kappa shape index (κ2) is 51.5. The van der Waals surface area contributed by atoms with Crippen LogP contribution in [0.1, 0.15) is 151 Å². The summed E-state index contributed by atoms with van der Waals surface area (Å²) in [7, 11) is 0. The molecule has 6 aliphatic rings. The van der Waals surface area contributed by atoms with E-state index in [1.807, 2.05) is 26.0 Å². The van der Waals surface area contributed by atoms with E-state index in [0.29, 0.717) is 0 Å². The largest absolute Gasteiger partial charge is 0.469 e. The Morgan fingerprint density at radius 3 is 1.14 bits per heavy atom. The number of thioether (sulfide) groups is 1. The minimum atomic E-state index is 0.167. The Hall–Kier alpha value is -1.86. The van der Waals surface area contributed by atoms with E-state index in [9.17, 15) is 4.79 Å². The maximum Gasteiger partial charge on any atom is 0.126 e. The molecule has 1 aromatic heterocycles. The maximum absolute atomic E-state index is 9.44. The zero-order valence-electron chi connectivity index (χ0n) is 34.0. The summed E-state index contributed by atoms with van der Waals surface area (Å²) in [5, 5.41) is 6.57. The fourth-order valence-corrected chi connectivity index (χ4v) is 5.30. The van der Waals surface area contributed by atoms with Gasteiger partial charge in [-0.15, -0.1) is 0 Å². The van der Waals surface area contributed by atoms with Crippen LogP contribution in [0.2, 0.25) is 0 Å². The quantitative estimate of drug-likeness (QED) is 0.301. The van der Waals surface area contributed by atoms with Crippen LogP contribution in [-0.4, -0.2) is 56.7 Å². The van der Waals surface area contributed by atoms with E-state index in [1.54, 1.807) is 6.26 Å². The number of aryl methyl sites for hydroxylation is 1. The van der Waals surface area contributed by atoms with Crippen LogP contribution in [-0.2, 0) is 16.0 Å². The van der Waals surface area contributed by atoms with E-state index in [4.69, 9.17) is 9.15 Å². The Bertz CT molecular complexity index is 693. The number of ketones is 1. The van der Waals surface area contributed by atoms with Gasteiger partial charge in [0.05, 0.1) is 6.26 Å². The van der Waals surface area contributed by atoms with E-state index < -0.39 is 0 Å². The SMILES string of the molecule is C1=CCC=C1.C1=CCC=C1.C1CCNCC1.C1CCNCC1.C1CCOCC1.C1CCSCC1.CC.CC(C)=O.CCC.CCc1ccco1. The minimum absolute atomic E-state index is 0.167. The molecular formula is C44H82N2O3S. The molecule has 50 heavy (non-hydrogen) atoms. The Morgan fingerprint density at radius 2 is 1.02 bits per heavy atom. The van der Waals surface area contributed by atoms with Crippen molar-refractivity contribution in [2.24, 2.45) is 0 Å². The highest BCUT2D eigenvalue weighted by Gasteiger charge is 1.96. The normalized spacial score (nSPS) is 17.3. The second-order valence-corrected chi connectivity index (χ2v) is 13.4. The highest BCUT2D eigenvalue weighted by atomic mass is 32.2. The van der Waals surface area contributed by atoms with Crippen LogP contribution < -0.4 is 10.6 Å². The van der Waals surface area contributed by atoms with Crippen LogP contribution in [0.25, 0.3) is 0 Å². The first-order valence-electron chi connectivity index (χ1n) is 20.3. The van der Waals surface area contributed by atoms with Crippen LogP contribution in [0.5, 0.6) is 0 Å². The number of nitrogens with one attached hydrogen (secondary N) is 2. The van der Waals surface area contributed by atoms with Gasteiger partial charge in [-0.3, -0.25) is 0 Å². The number of allylic oxidation sites excluding steroid dienone is 8. The van der Waals surface area contributed by atoms with Gasteiger partial charge < -0.3 is 24.6 Å². The molecule has 4 aliphatic heterocycles. The Kier molecular flexibility index (Phi) is 54.1. The van der Waals surface area contributed by atoms with Gasteiger partial charge in [-0.1, -0.05) is 109 Å². The van der Waals surface area contributed by atoms with Gasteiger partial charge in [0, 0.05) is 19.6 Å². The molecule has 0 spiro atoms. The van der Waals surface area contributed by atoms with E-state index in [0.717, 1.165) is 38.2 Å². The predicted molar refractivity (Wildman–Crippen MR) is 227 cm³/mol. The number of carbonyl (C=O) groups is 1. The summed E-state index contributed by atoms with van der Waals surface area (Å²) < 4.78 is 10.1. The average molecular weight is 719 g/mol. The number of furan rings is 1. The third-order valence-electron chi connectivity index (χ3n) is 6.81. The first-order valence-corrected chi connectivity index (χ1v) is 21.4. The van der Waals surface area contributed by atoms with Crippen LogP contribution in [0.4, 0.5) is 0 Å². The molecule has 4 fully saturated rings. The summed E-state index contributed by atoms with van der Waals surface area (Å²) in [5.74, 6) is 4.06. The van der Waals surface area contributed by atoms with Crippen molar-refractivity contribution in [3.8, 4) is 0 Å². The molecule has 0 amide bonds. The van der Waals surface area contributed by atoms with Crippen LogP contribution in [0.15, 0.2) is 71.4 Å². The molecule has 292 valence electrons. The molecule has 0 bridgehead atoms. The lowest BCUT2D eigenvalue weighted by Gasteiger charge is -2.08. The molecule has 0 atom stereocenters. The van der Waals surface area contributed by atoms with E-state index in [-0.39, 0.29) is 5.78 Å². The van der Waals surface area contributed by atoms with Crippen molar-refractivity contribution < 1.29 is 13.9 Å². The molecule has 5 heterocycles. The fourth-order valence-electron chi connectivity index (χ4n) is 4.28. The number of hydrogen-bond acceptors (Lipinski definition) is 6. The lowest BCUT2D eigenvalue weighted by Crippen LogP contribution is -2.21. The topological polar surface area (TPSA) is 63.5 Å². The molecule has 6 heteroatoms. The lowest BCUT2D eigenvalue weighted by atomic mass is 10.2. The predicted octanol–water partition coefficient (Wildman–Crippen LogP) is 12.5. The smallest absolute Gasteiger partial charge is 0.126 e. The lowest BCUT2D eigenvalue weighted by molar-refractivity contribution is -0.115. The van der Waals surface area contributed by atoms with Crippen molar-refractivity contribution in [2.45, 2.75) is 151 Å². The summed E-state index contributed by atoms with van der Waals surface area (Å²) in [4.78, 5) is 9.44. The number of rotatable bonds is 1. The van der Waals surface area contributed by atoms with Crippen molar-refractivity contribution in [1.82, 2.24) is 10.6 Å². The van der Waals surface area contributed by atoms with Crippen molar-refractivity contribution in [3.63, 3.8) is 0 Å². The van der Waals surface area contributed by atoms with Crippen molar-refractivity contribution >= 4 is 17.5 Å². The molecule has 2 aliphatic carbocycles. The molecule has 1 aromatic rings. The summed E-state index contributed by atoms with van der Waals surface area (Å²) in [6.45, 7) is 20.4. The third-order valence-corrected chi connectivity index (χ3v) is 7.96. The Labute approximate surface area is 316 Å². The monoisotopic (exact) mass is 719 g/mol. The minimum Gasteiger partial charge on any atom is -0.469 e. The highest BCUT2D eigenvalue weighted by Crippen LogP contribution is 2.15. The number of hydrogen-bond donors (Lipinski definition) is 2. The zero-order valence-corrected chi connectivity index (χ0v) is 34.8. The first-order chi connectivity index (χ1) is 24.6. The number of ether oxygens (including phenoxy) is 1. The Morgan fingerprint density at radius 1 is 0.640 bits per heavy atom. The molecular weight excluding hydrogens is 637 g/mol. The highest BCUT2D eigenvalue weighted by molar-refractivity contribution is 7.99. The maximum atomic E-state index is 9.44. The summed E-state index contributed by atoms with van der Waals surface area (Å²) in [5.41, 5.74) is 0. The molecule has 5 nitrogen and oxygen atoms in total. The average Bonchev–Trinajstić information content (AvgIpc) is 4.04. The van der Waals surface area contributed by atoms with Gasteiger partial charge >= 0.3 is 0 Å². The molecule has 4 saturated heterocycles. The standard InChI is InChI=1S/C6H8O.2C5H11N.C5H10O.C5H10S.2C5H6.C3H6O.C3H8.C2H6/c1-2-6-4-3-5-7-6;4*1-2-4-6-5-3-1;2*1-2-4-5-3-1;1-3(2)4;1-3-2;1-2/h3-5H,2H2,1H3;2*6H,1-5H2;2*1-5H2;2*1-4H,5H2;1-2H3;3H2,1-2H3;1-2H3. The molecule has 0 saturated carbocycles. The molecule has 0 radical (unpaired) electrons. The fraction of sp³-hybridized carbons (Fsp3) is 0.705. The van der Waals surface area contributed by atoms with Gasteiger partial charge in [-0.05, 0) is 134 Å². The summed E-state index contributed by atoms with van der Waals surface area (Å²) in [6.07, 6.45) is 39.7. The summed E-state index contributed by atoms with van der Waals surface area (Å²) >= 11 is 2.09. The van der Waals surface area contributed by atoms with Crippen molar-refractivity contribution in [3.05, 3.63) is 72.8 Å². The number of carbonyl (C=O) groups excluding carboxylic acids is 1. The van der Waals surface area contributed by atoms with Gasteiger partial charge in [0.25, 0.3) is 0 Å². The molecule has 0 aromatic carbocycles. The zero-order chi connectivity index (χ0) is 37.4. The molecule has 7 rings (SSSR count). The van der Waals surface area contributed by atoms with E-state index in [2.05, 4.69) is 91.8 Å². The number of Topliss-reactive ketones (excluding diaryl/α,β-unsaturated/α-hetero) is 1. The van der Waals surface area contributed by atoms with Gasteiger partial charge in [0.1, 0.15) is 11.5 Å². The van der Waals surface area contributed by atoms with Crippen LogP contribution in [0.3, 0.4) is 0 Å². The third kappa shape index (κ3) is 55.5. The molecule has 0 unspecified atom stereocenters.